The van der Waals surface area contributed by atoms with E-state index in [-0.39, 0.29) is 18.1 Å². The van der Waals surface area contributed by atoms with Gasteiger partial charge in [0.1, 0.15) is 0 Å². The molecule has 3 rings (SSSR count). The number of anilines is 1. The molecular formula is C17H24N4O4. The molecule has 2 heterocycles. The third kappa shape index (κ3) is 3.73. The number of amides is 1. The number of aromatic nitrogens is 2. The zero-order chi connectivity index (χ0) is 18.0. The van der Waals surface area contributed by atoms with Gasteiger partial charge in [0.25, 0.3) is 0 Å². The SMILES string of the molecule is COC(=O)c1cnc(N2C[C@H]3C[C@@H](NC(C)=O)[C@H](OC)C[C@H]3C2)nc1. The van der Waals surface area contributed by atoms with Crippen LogP contribution in [-0.2, 0) is 14.3 Å². The van der Waals surface area contributed by atoms with Gasteiger partial charge in [0.2, 0.25) is 11.9 Å². The molecule has 1 amide bonds. The quantitative estimate of drug-likeness (QED) is 0.798. The summed E-state index contributed by atoms with van der Waals surface area (Å²) in [7, 11) is 3.03. The number of esters is 1. The standard InChI is InChI=1S/C17H24N4O4/c1-10(22)20-14-4-11-8-21(9-12(11)5-15(14)24-2)17-18-6-13(7-19-17)16(23)25-3/h6-7,11-12,14-15H,4-5,8-9H2,1-3H3,(H,20,22)/t11-,12+,14-,15-/m1/s1. The van der Waals surface area contributed by atoms with Crippen LogP contribution in [0, 0.1) is 11.8 Å². The van der Waals surface area contributed by atoms with E-state index in [1.54, 1.807) is 7.11 Å². The van der Waals surface area contributed by atoms with E-state index in [0.29, 0.717) is 23.3 Å². The minimum Gasteiger partial charge on any atom is -0.465 e. The molecule has 2 aliphatic rings. The van der Waals surface area contributed by atoms with Gasteiger partial charge in [0, 0.05) is 39.5 Å². The Hall–Kier alpha value is -2.22. The smallest absolute Gasteiger partial charge is 0.341 e. The van der Waals surface area contributed by atoms with Crippen LogP contribution in [0.1, 0.15) is 30.1 Å². The largest absolute Gasteiger partial charge is 0.465 e. The Labute approximate surface area is 146 Å². The van der Waals surface area contributed by atoms with Crippen molar-refractivity contribution in [1.29, 1.82) is 0 Å². The van der Waals surface area contributed by atoms with Crippen molar-refractivity contribution >= 4 is 17.8 Å². The molecule has 1 aromatic rings. The van der Waals surface area contributed by atoms with Crippen LogP contribution in [0.4, 0.5) is 5.95 Å². The summed E-state index contributed by atoms with van der Waals surface area (Å²) in [5, 5.41) is 3.01. The maximum absolute atomic E-state index is 11.5. The summed E-state index contributed by atoms with van der Waals surface area (Å²) < 4.78 is 10.3. The fraction of sp³-hybridized carbons (Fsp3) is 0.647. The van der Waals surface area contributed by atoms with Gasteiger partial charge in [-0.1, -0.05) is 0 Å². The monoisotopic (exact) mass is 348 g/mol. The Morgan fingerprint density at radius 3 is 2.36 bits per heavy atom. The average molecular weight is 348 g/mol. The second-order valence-corrected chi connectivity index (χ2v) is 6.74. The summed E-state index contributed by atoms with van der Waals surface area (Å²) in [6.07, 6.45) is 4.82. The number of fused-ring (bicyclic) bond motifs is 1. The lowest BCUT2D eigenvalue weighted by Crippen LogP contribution is -2.49. The lowest BCUT2D eigenvalue weighted by Gasteiger charge is -2.37. The highest BCUT2D eigenvalue weighted by atomic mass is 16.5. The molecule has 0 bridgehead atoms. The number of carbonyl (C=O) groups excluding carboxylic acids is 2. The van der Waals surface area contributed by atoms with Crippen molar-refractivity contribution in [1.82, 2.24) is 15.3 Å². The summed E-state index contributed by atoms with van der Waals surface area (Å²) in [5.74, 6) is 1.10. The molecule has 25 heavy (non-hydrogen) atoms. The van der Waals surface area contributed by atoms with Crippen LogP contribution in [0.2, 0.25) is 0 Å². The first-order chi connectivity index (χ1) is 12.0. The molecule has 0 unspecified atom stereocenters. The van der Waals surface area contributed by atoms with Crippen LogP contribution in [0.15, 0.2) is 12.4 Å². The maximum atomic E-state index is 11.5. The Morgan fingerprint density at radius 1 is 1.16 bits per heavy atom. The van der Waals surface area contributed by atoms with Crippen LogP contribution in [0.5, 0.6) is 0 Å². The van der Waals surface area contributed by atoms with E-state index in [4.69, 9.17) is 4.74 Å². The van der Waals surface area contributed by atoms with Crippen molar-refractivity contribution in [2.24, 2.45) is 11.8 Å². The predicted molar refractivity (Wildman–Crippen MR) is 90.2 cm³/mol. The van der Waals surface area contributed by atoms with Gasteiger partial charge in [-0.25, -0.2) is 14.8 Å². The summed E-state index contributed by atoms with van der Waals surface area (Å²) in [6, 6.07) is 0.0475. The topological polar surface area (TPSA) is 93.7 Å². The molecule has 8 heteroatoms. The van der Waals surface area contributed by atoms with Crippen LogP contribution in [0.3, 0.4) is 0 Å². The lowest BCUT2D eigenvalue weighted by atomic mass is 9.77. The van der Waals surface area contributed by atoms with Gasteiger partial charge in [-0.2, -0.15) is 0 Å². The summed E-state index contributed by atoms with van der Waals surface area (Å²) in [4.78, 5) is 33.7. The Morgan fingerprint density at radius 2 is 1.80 bits per heavy atom. The van der Waals surface area contributed by atoms with E-state index in [0.717, 1.165) is 25.9 Å². The van der Waals surface area contributed by atoms with Gasteiger partial charge in [0.05, 0.1) is 24.8 Å². The highest BCUT2D eigenvalue weighted by molar-refractivity contribution is 5.88. The molecule has 8 nitrogen and oxygen atoms in total. The molecule has 1 aromatic heterocycles. The average Bonchev–Trinajstić information content (AvgIpc) is 3.02. The number of methoxy groups -OCH3 is 2. The molecule has 0 aromatic carbocycles. The number of nitrogens with one attached hydrogen (secondary N) is 1. The molecule has 1 N–H and O–H groups in total. The fourth-order valence-corrected chi connectivity index (χ4v) is 3.96. The summed E-state index contributed by atoms with van der Waals surface area (Å²) in [6.45, 7) is 3.24. The maximum Gasteiger partial charge on any atom is 0.341 e. The molecule has 1 aliphatic carbocycles. The summed E-state index contributed by atoms with van der Waals surface area (Å²) >= 11 is 0. The number of hydrogen-bond donors (Lipinski definition) is 1. The van der Waals surface area contributed by atoms with E-state index in [1.165, 1.54) is 26.4 Å². The predicted octanol–water partition coefficient (Wildman–Crippen LogP) is 0.629. The minimum atomic E-state index is -0.442. The molecule has 0 radical (unpaired) electrons. The first kappa shape index (κ1) is 17.6. The normalized spacial score (nSPS) is 28.4. The molecule has 1 saturated heterocycles. The number of nitrogens with zero attached hydrogens (tertiary/aromatic N) is 3. The van der Waals surface area contributed by atoms with Crippen molar-refractivity contribution < 1.29 is 19.1 Å². The summed E-state index contributed by atoms with van der Waals surface area (Å²) in [5.41, 5.74) is 0.341. The molecule has 136 valence electrons. The first-order valence-electron chi connectivity index (χ1n) is 8.47. The minimum absolute atomic E-state index is 0.0258. The number of hydrogen-bond acceptors (Lipinski definition) is 7. The molecule has 1 aliphatic heterocycles. The van der Waals surface area contributed by atoms with Crippen molar-refractivity contribution in [2.75, 3.05) is 32.2 Å². The molecular weight excluding hydrogens is 324 g/mol. The van der Waals surface area contributed by atoms with E-state index >= 15 is 0 Å². The molecule has 4 atom stereocenters. The van der Waals surface area contributed by atoms with Gasteiger partial charge in [0.15, 0.2) is 0 Å². The van der Waals surface area contributed by atoms with Crippen LogP contribution < -0.4 is 10.2 Å². The van der Waals surface area contributed by atoms with E-state index in [2.05, 4.69) is 24.9 Å². The number of carbonyl (C=O) groups is 2. The van der Waals surface area contributed by atoms with Crippen LogP contribution in [0.25, 0.3) is 0 Å². The second-order valence-electron chi connectivity index (χ2n) is 6.74. The van der Waals surface area contributed by atoms with E-state index < -0.39 is 5.97 Å². The fourth-order valence-electron chi connectivity index (χ4n) is 3.96. The lowest BCUT2D eigenvalue weighted by molar-refractivity contribution is -0.121. The van der Waals surface area contributed by atoms with Crippen LogP contribution >= 0.6 is 0 Å². The van der Waals surface area contributed by atoms with Crippen molar-refractivity contribution in [3.8, 4) is 0 Å². The third-order valence-corrected chi connectivity index (χ3v) is 5.15. The Kier molecular flexibility index (Phi) is 5.17. The highest BCUT2D eigenvalue weighted by Crippen LogP contribution is 2.38. The van der Waals surface area contributed by atoms with Crippen LogP contribution in [-0.4, -0.2) is 61.3 Å². The van der Waals surface area contributed by atoms with Gasteiger partial charge < -0.3 is 19.7 Å². The van der Waals surface area contributed by atoms with Gasteiger partial charge in [-0.15, -0.1) is 0 Å². The second kappa shape index (κ2) is 7.35. The van der Waals surface area contributed by atoms with E-state index in [1.807, 2.05) is 0 Å². The Balaban J connectivity index is 1.68. The van der Waals surface area contributed by atoms with Crippen molar-refractivity contribution in [2.45, 2.75) is 31.9 Å². The van der Waals surface area contributed by atoms with Gasteiger partial charge in [-0.05, 0) is 24.7 Å². The zero-order valence-corrected chi connectivity index (χ0v) is 14.8. The van der Waals surface area contributed by atoms with Crippen molar-refractivity contribution in [3.63, 3.8) is 0 Å². The zero-order valence-electron chi connectivity index (χ0n) is 14.8. The third-order valence-electron chi connectivity index (χ3n) is 5.15. The Bertz CT molecular complexity index is 636. The van der Waals surface area contributed by atoms with Gasteiger partial charge >= 0.3 is 5.97 Å². The molecule has 0 spiro atoms. The van der Waals surface area contributed by atoms with Gasteiger partial charge in [-0.3, -0.25) is 4.79 Å². The highest BCUT2D eigenvalue weighted by Gasteiger charge is 2.43. The number of ether oxygens (including phenoxy) is 2. The van der Waals surface area contributed by atoms with Crippen molar-refractivity contribution in [3.05, 3.63) is 18.0 Å². The molecule has 1 saturated carbocycles. The van der Waals surface area contributed by atoms with E-state index in [9.17, 15) is 9.59 Å². The molecule has 2 fully saturated rings. The number of rotatable bonds is 4. The first-order valence-corrected chi connectivity index (χ1v) is 8.47.